The van der Waals surface area contributed by atoms with E-state index in [2.05, 4.69) is 5.10 Å². The quantitative estimate of drug-likeness (QED) is 0.741. The van der Waals surface area contributed by atoms with Crippen LogP contribution in [-0.2, 0) is 6.54 Å². The van der Waals surface area contributed by atoms with Crippen molar-refractivity contribution >= 4 is 0 Å². The molecule has 1 rings (SSSR count). The van der Waals surface area contributed by atoms with Crippen molar-refractivity contribution in [2.24, 2.45) is 5.73 Å². The van der Waals surface area contributed by atoms with Gasteiger partial charge in [-0.3, -0.25) is 4.68 Å². The zero-order chi connectivity index (χ0) is 8.97. The second-order valence-corrected chi connectivity index (χ2v) is 2.79. The molecule has 0 aliphatic heterocycles. The van der Waals surface area contributed by atoms with Crippen molar-refractivity contribution in [3.63, 3.8) is 0 Å². The molecule has 68 valence electrons. The van der Waals surface area contributed by atoms with E-state index in [-0.39, 0.29) is 0 Å². The first kappa shape index (κ1) is 9.19. The Kier molecular flexibility index (Phi) is 3.22. The molecule has 0 aliphatic carbocycles. The third kappa shape index (κ3) is 2.30. The van der Waals surface area contributed by atoms with Gasteiger partial charge in [-0.2, -0.15) is 5.10 Å². The van der Waals surface area contributed by atoms with Crippen molar-refractivity contribution in [3.8, 4) is 0 Å². The summed E-state index contributed by atoms with van der Waals surface area (Å²) < 4.78 is 14.4. The number of hydrogen-bond acceptors (Lipinski definition) is 2. The Hall–Kier alpha value is -0.900. The molecule has 4 heteroatoms. The van der Waals surface area contributed by atoms with Gasteiger partial charge in [-0.1, -0.05) is 0 Å². The van der Waals surface area contributed by atoms with Gasteiger partial charge in [0.25, 0.3) is 0 Å². The van der Waals surface area contributed by atoms with Gasteiger partial charge < -0.3 is 5.73 Å². The van der Waals surface area contributed by atoms with Crippen molar-refractivity contribution in [1.29, 1.82) is 0 Å². The molecule has 0 spiro atoms. The summed E-state index contributed by atoms with van der Waals surface area (Å²) in [6, 6.07) is 0. The Bertz CT molecular complexity index is 232. The lowest BCUT2D eigenvalue weighted by Gasteiger charge is -1.97. The van der Waals surface area contributed by atoms with Crippen LogP contribution in [0.1, 0.15) is 25.1 Å². The summed E-state index contributed by atoms with van der Waals surface area (Å²) in [5.41, 5.74) is 5.96. The predicted octanol–water partition coefficient (Wildman–Crippen LogP) is 1.26. The Morgan fingerprint density at radius 2 is 2.50 bits per heavy atom. The molecule has 2 N–H and O–H groups in total. The molecule has 0 bridgehead atoms. The van der Waals surface area contributed by atoms with Gasteiger partial charge in [0.15, 0.2) is 0 Å². The fourth-order valence-electron chi connectivity index (χ4n) is 0.961. The zero-order valence-electron chi connectivity index (χ0n) is 7.20. The lowest BCUT2D eigenvalue weighted by molar-refractivity contribution is 0.374. The first-order chi connectivity index (χ1) is 5.74. The van der Waals surface area contributed by atoms with Crippen LogP contribution in [0.2, 0.25) is 0 Å². The van der Waals surface area contributed by atoms with Crippen LogP contribution in [0.3, 0.4) is 0 Å². The van der Waals surface area contributed by atoms with Crippen LogP contribution in [0.5, 0.6) is 0 Å². The van der Waals surface area contributed by atoms with Crippen molar-refractivity contribution in [3.05, 3.63) is 18.0 Å². The van der Waals surface area contributed by atoms with Crippen molar-refractivity contribution in [2.45, 2.75) is 26.1 Å². The van der Waals surface area contributed by atoms with E-state index in [1.165, 1.54) is 6.92 Å². The fraction of sp³-hybridized carbons (Fsp3) is 0.625. The third-order valence-corrected chi connectivity index (χ3v) is 1.70. The molecular formula is C8H14FN3. The van der Waals surface area contributed by atoms with Gasteiger partial charge in [0, 0.05) is 18.3 Å². The Balaban J connectivity index is 2.52. The number of aromatic nitrogens is 2. The highest BCUT2D eigenvalue weighted by molar-refractivity contribution is 5.06. The van der Waals surface area contributed by atoms with E-state index in [4.69, 9.17) is 5.73 Å². The number of nitrogens with zero attached hydrogens (tertiary/aromatic N) is 2. The van der Waals surface area contributed by atoms with E-state index in [9.17, 15) is 4.39 Å². The van der Waals surface area contributed by atoms with Crippen LogP contribution < -0.4 is 5.73 Å². The predicted molar refractivity (Wildman–Crippen MR) is 45.4 cm³/mol. The smallest absolute Gasteiger partial charge is 0.125 e. The summed E-state index contributed by atoms with van der Waals surface area (Å²) in [6.45, 7) is 2.91. The second kappa shape index (κ2) is 4.21. The second-order valence-electron chi connectivity index (χ2n) is 2.79. The van der Waals surface area contributed by atoms with Crippen LogP contribution >= 0.6 is 0 Å². The van der Waals surface area contributed by atoms with Gasteiger partial charge in [-0.15, -0.1) is 0 Å². The monoisotopic (exact) mass is 171 g/mol. The van der Waals surface area contributed by atoms with Crippen LogP contribution in [-0.4, -0.2) is 16.3 Å². The number of nitrogens with two attached hydrogens (primary N) is 1. The van der Waals surface area contributed by atoms with Gasteiger partial charge in [0.05, 0.1) is 6.20 Å². The molecule has 12 heavy (non-hydrogen) atoms. The average molecular weight is 171 g/mol. The molecule has 0 saturated heterocycles. The summed E-state index contributed by atoms with van der Waals surface area (Å²) in [5, 5.41) is 4.00. The fourth-order valence-corrected chi connectivity index (χ4v) is 0.961. The van der Waals surface area contributed by atoms with Gasteiger partial charge in [0.1, 0.15) is 6.17 Å². The van der Waals surface area contributed by atoms with Crippen LogP contribution in [0.15, 0.2) is 12.4 Å². The van der Waals surface area contributed by atoms with E-state index in [0.29, 0.717) is 12.1 Å². The summed E-state index contributed by atoms with van der Waals surface area (Å²) >= 11 is 0. The highest BCUT2D eigenvalue weighted by atomic mass is 19.1. The standard InChI is InChI=1S/C8H14FN3/c1-7(9)8-5-11-12(6-8)4-2-3-10/h5-7H,2-4,10H2,1H3. The number of hydrogen-bond donors (Lipinski definition) is 1. The molecule has 1 aromatic heterocycles. The van der Waals surface area contributed by atoms with E-state index >= 15 is 0 Å². The number of rotatable bonds is 4. The van der Waals surface area contributed by atoms with E-state index in [1.54, 1.807) is 17.1 Å². The van der Waals surface area contributed by atoms with Crippen LogP contribution in [0, 0.1) is 0 Å². The summed E-state index contributed by atoms with van der Waals surface area (Å²) in [4.78, 5) is 0. The first-order valence-electron chi connectivity index (χ1n) is 4.10. The minimum atomic E-state index is -0.934. The van der Waals surface area contributed by atoms with Gasteiger partial charge in [-0.05, 0) is 19.9 Å². The van der Waals surface area contributed by atoms with Crippen molar-refractivity contribution < 1.29 is 4.39 Å². The zero-order valence-corrected chi connectivity index (χ0v) is 7.20. The maximum Gasteiger partial charge on any atom is 0.125 e. The Labute approximate surface area is 71.4 Å². The highest BCUT2D eigenvalue weighted by Crippen LogP contribution is 2.14. The third-order valence-electron chi connectivity index (χ3n) is 1.70. The molecule has 0 fully saturated rings. The summed E-state index contributed by atoms with van der Waals surface area (Å²) in [5.74, 6) is 0. The number of alkyl halides is 1. The molecule has 0 aliphatic rings. The molecular weight excluding hydrogens is 157 g/mol. The number of aryl methyl sites for hydroxylation is 1. The molecule has 1 unspecified atom stereocenters. The molecule has 0 amide bonds. The maximum atomic E-state index is 12.7. The highest BCUT2D eigenvalue weighted by Gasteiger charge is 2.04. The molecule has 1 heterocycles. The normalized spacial score (nSPS) is 13.2. The maximum absolute atomic E-state index is 12.7. The van der Waals surface area contributed by atoms with Crippen molar-refractivity contribution in [1.82, 2.24) is 9.78 Å². The molecule has 3 nitrogen and oxygen atoms in total. The molecule has 0 aromatic carbocycles. The lowest BCUT2D eigenvalue weighted by atomic mass is 10.2. The van der Waals surface area contributed by atoms with Gasteiger partial charge in [0.2, 0.25) is 0 Å². The lowest BCUT2D eigenvalue weighted by Crippen LogP contribution is -2.05. The molecule has 0 radical (unpaired) electrons. The van der Waals surface area contributed by atoms with Crippen molar-refractivity contribution in [2.75, 3.05) is 6.54 Å². The minimum absolute atomic E-state index is 0.632. The van der Waals surface area contributed by atoms with E-state index in [1.807, 2.05) is 0 Å². The molecule has 0 saturated carbocycles. The van der Waals surface area contributed by atoms with Gasteiger partial charge >= 0.3 is 0 Å². The minimum Gasteiger partial charge on any atom is -0.330 e. The largest absolute Gasteiger partial charge is 0.330 e. The van der Waals surface area contributed by atoms with Gasteiger partial charge in [-0.25, -0.2) is 4.39 Å². The average Bonchev–Trinajstić information content (AvgIpc) is 2.48. The van der Waals surface area contributed by atoms with E-state index in [0.717, 1.165) is 13.0 Å². The molecule has 1 atom stereocenters. The van der Waals surface area contributed by atoms with Crippen LogP contribution in [0.4, 0.5) is 4.39 Å². The summed E-state index contributed by atoms with van der Waals surface area (Å²) in [7, 11) is 0. The SMILES string of the molecule is CC(F)c1cnn(CCCN)c1. The first-order valence-corrected chi connectivity index (χ1v) is 4.10. The summed E-state index contributed by atoms with van der Waals surface area (Å²) in [6.07, 6.45) is 3.22. The topological polar surface area (TPSA) is 43.8 Å². The molecule has 1 aromatic rings. The van der Waals surface area contributed by atoms with E-state index < -0.39 is 6.17 Å². The van der Waals surface area contributed by atoms with Crippen LogP contribution in [0.25, 0.3) is 0 Å². The Morgan fingerprint density at radius 3 is 3.00 bits per heavy atom. The Morgan fingerprint density at radius 1 is 1.75 bits per heavy atom. The number of halogens is 1.